The molecule has 0 radical (unpaired) electrons. The van der Waals surface area contributed by atoms with E-state index in [9.17, 15) is 0 Å². The van der Waals surface area contributed by atoms with E-state index in [0.29, 0.717) is 0 Å². The predicted molar refractivity (Wildman–Crippen MR) is 86.2 cm³/mol. The Labute approximate surface area is 123 Å². The lowest BCUT2D eigenvalue weighted by Crippen LogP contribution is -2.20. The van der Waals surface area contributed by atoms with E-state index >= 15 is 0 Å². The Morgan fingerprint density at radius 1 is 1.30 bits per heavy atom. The van der Waals surface area contributed by atoms with Crippen LogP contribution in [0.15, 0.2) is 35.9 Å². The molecule has 2 heteroatoms. The lowest BCUT2D eigenvalue weighted by atomic mass is 9.83. The van der Waals surface area contributed by atoms with Crippen molar-refractivity contribution in [2.75, 3.05) is 25.6 Å². The first-order valence-corrected chi connectivity index (χ1v) is 7.67. The van der Waals surface area contributed by atoms with Gasteiger partial charge in [-0.05, 0) is 49.7 Å². The molecule has 0 fully saturated rings. The zero-order chi connectivity index (χ0) is 14.4. The Kier molecular flexibility index (Phi) is 5.66. The minimum Gasteiger partial charge on any atom is -0.385 e. The van der Waals surface area contributed by atoms with Crippen molar-refractivity contribution in [3.05, 3.63) is 41.5 Å². The summed E-state index contributed by atoms with van der Waals surface area (Å²) in [6.07, 6.45) is 5.92. The van der Waals surface area contributed by atoms with Crippen molar-refractivity contribution in [2.24, 2.45) is 11.8 Å². The summed E-state index contributed by atoms with van der Waals surface area (Å²) in [5.74, 6) is 1.48. The minimum absolute atomic E-state index is 0.722. The minimum atomic E-state index is 0.722. The van der Waals surface area contributed by atoms with Crippen LogP contribution in [0.2, 0.25) is 0 Å². The van der Waals surface area contributed by atoms with Gasteiger partial charge in [0, 0.05) is 19.3 Å². The number of hydrogen-bond donors (Lipinski definition) is 1. The molecule has 0 heterocycles. The van der Waals surface area contributed by atoms with Crippen LogP contribution in [0, 0.1) is 11.8 Å². The molecule has 2 unspecified atom stereocenters. The first-order chi connectivity index (χ1) is 9.69. The molecule has 1 aromatic carbocycles. The highest BCUT2D eigenvalue weighted by molar-refractivity contribution is 5.51. The van der Waals surface area contributed by atoms with E-state index in [0.717, 1.165) is 31.4 Å². The van der Waals surface area contributed by atoms with Crippen molar-refractivity contribution >= 4 is 5.69 Å². The Balaban J connectivity index is 1.92. The fourth-order valence-corrected chi connectivity index (χ4v) is 3.22. The van der Waals surface area contributed by atoms with Crippen LogP contribution < -0.4 is 5.32 Å². The molecule has 0 saturated heterocycles. The van der Waals surface area contributed by atoms with Crippen molar-refractivity contribution < 1.29 is 4.74 Å². The molecule has 2 nitrogen and oxygen atoms in total. The molecule has 2 rings (SSSR count). The molecule has 0 bridgehead atoms. The second-order valence-corrected chi connectivity index (χ2v) is 6.08. The second-order valence-electron chi connectivity index (χ2n) is 6.08. The molecular formula is C18H27NO. The molecule has 2 atom stereocenters. The van der Waals surface area contributed by atoms with Crippen LogP contribution in [0.1, 0.15) is 32.3 Å². The maximum Gasteiger partial charge on any atom is 0.0503 e. The van der Waals surface area contributed by atoms with Crippen LogP contribution in [-0.4, -0.2) is 20.3 Å². The van der Waals surface area contributed by atoms with Gasteiger partial charge in [0.15, 0.2) is 0 Å². The average Bonchev–Trinajstić information content (AvgIpc) is 2.43. The van der Waals surface area contributed by atoms with Gasteiger partial charge in [-0.25, -0.2) is 0 Å². The van der Waals surface area contributed by atoms with Gasteiger partial charge in [-0.1, -0.05) is 36.8 Å². The third kappa shape index (κ3) is 4.38. The van der Waals surface area contributed by atoms with Gasteiger partial charge >= 0.3 is 0 Å². The topological polar surface area (TPSA) is 21.3 Å². The van der Waals surface area contributed by atoms with Gasteiger partial charge in [0.05, 0.1) is 6.61 Å². The Morgan fingerprint density at radius 2 is 2.10 bits per heavy atom. The highest BCUT2D eigenvalue weighted by Gasteiger charge is 2.17. The number of methoxy groups -OCH3 is 1. The molecule has 0 aliphatic heterocycles. The summed E-state index contributed by atoms with van der Waals surface area (Å²) in [5, 5.41) is 3.65. The van der Waals surface area contributed by atoms with Crippen LogP contribution in [0.3, 0.4) is 0 Å². The summed E-state index contributed by atoms with van der Waals surface area (Å²) < 4.78 is 5.19. The number of hydrogen-bond acceptors (Lipinski definition) is 2. The lowest BCUT2D eigenvalue weighted by Gasteiger charge is -2.26. The van der Waals surface area contributed by atoms with Gasteiger partial charge in [0.25, 0.3) is 0 Å². The molecule has 1 aliphatic carbocycles. The molecule has 0 spiro atoms. The zero-order valence-electron chi connectivity index (χ0n) is 13.0. The van der Waals surface area contributed by atoms with Gasteiger partial charge in [-0.15, -0.1) is 0 Å². The third-order valence-electron chi connectivity index (χ3n) is 4.06. The smallest absolute Gasteiger partial charge is 0.0503 e. The number of ether oxygens (including phenoxy) is 1. The highest BCUT2D eigenvalue weighted by Crippen LogP contribution is 2.28. The van der Waals surface area contributed by atoms with Gasteiger partial charge in [0.1, 0.15) is 0 Å². The quantitative estimate of drug-likeness (QED) is 0.781. The normalized spacial score (nSPS) is 22.4. The number of nitrogens with one attached hydrogen (secondary N) is 1. The fourth-order valence-electron chi connectivity index (χ4n) is 3.22. The summed E-state index contributed by atoms with van der Waals surface area (Å²) in [6, 6.07) is 8.58. The fraction of sp³-hybridized carbons (Fsp3) is 0.556. The standard InChI is InChI=1S/C18H27NO/c1-14-10-15(2)12-16(11-14)13-19-18-7-5-4-6-17(18)8-9-20-3/h4-7,10,14,16,19H,8-9,11-13H2,1-3H3. The summed E-state index contributed by atoms with van der Waals surface area (Å²) in [7, 11) is 1.76. The lowest BCUT2D eigenvalue weighted by molar-refractivity contribution is 0.202. The van der Waals surface area contributed by atoms with E-state index in [1.807, 2.05) is 0 Å². The van der Waals surface area contributed by atoms with Gasteiger partial charge in [0.2, 0.25) is 0 Å². The predicted octanol–water partition coefficient (Wildman–Crippen LogP) is 4.28. The van der Waals surface area contributed by atoms with E-state index in [1.54, 1.807) is 12.7 Å². The number of para-hydroxylation sites is 1. The molecule has 1 aromatic rings. The Hall–Kier alpha value is -1.28. The van der Waals surface area contributed by atoms with Crippen molar-refractivity contribution in [3.63, 3.8) is 0 Å². The van der Waals surface area contributed by atoms with Crippen molar-refractivity contribution in [1.29, 1.82) is 0 Å². The SMILES string of the molecule is COCCc1ccccc1NCC1CC(C)=CC(C)C1. The first kappa shape index (κ1) is 15.1. The van der Waals surface area contributed by atoms with Crippen LogP contribution in [0.4, 0.5) is 5.69 Å². The van der Waals surface area contributed by atoms with E-state index < -0.39 is 0 Å². The van der Waals surface area contributed by atoms with Gasteiger partial charge < -0.3 is 10.1 Å². The van der Waals surface area contributed by atoms with Crippen LogP contribution >= 0.6 is 0 Å². The first-order valence-electron chi connectivity index (χ1n) is 7.67. The maximum atomic E-state index is 5.19. The Bertz CT molecular complexity index is 452. The molecule has 0 amide bonds. The molecule has 0 aromatic heterocycles. The number of anilines is 1. The zero-order valence-corrected chi connectivity index (χ0v) is 13.0. The van der Waals surface area contributed by atoms with Crippen LogP contribution in [-0.2, 0) is 11.2 Å². The van der Waals surface area contributed by atoms with E-state index in [-0.39, 0.29) is 0 Å². The second kappa shape index (κ2) is 7.49. The molecule has 20 heavy (non-hydrogen) atoms. The summed E-state index contributed by atoms with van der Waals surface area (Å²) >= 11 is 0. The highest BCUT2D eigenvalue weighted by atomic mass is 16.5. The molecule has 0 saturated carbocycles. The number of rotatable bonds is 6. The number of allylic oxidation sites excluding steroid dienone is 2. The summed E-state index contributed by atoms with van der Waals surface area (Å²) in [6.45, 7) is 6.43. The third-order valence-corrected chi connectivity index (χ3v) is 4.06. The summed E-state index contributed by atoms with van der Waals surface area (Å²) in [4.78, 5) is 0. The van der Waals surface area contributed by atoms with E-state index in [2.05, 4.69) is 49.5 Å². The average molecular weight is 273 g/mol. The summed E-state index contributed by atoms with van der Waals surface area (Å²) in [5.41, 5.74) is 4.16. The molecule has 1 N–H and O–H groups in total. The van der Waals surface area contributed by atoms with Gasteiger partial charge in [-0.3, -0.25) is 0 Å². The van der Waals surface area contributed by atoms with Crippen LogP contribution in [0.5, 0.6) is 0 Å². The van der Waals surface area contributed by atoms with Crippen molar-refractivity contribution in [1.82, 2.24) is 0 Å². The Morgan fingerprint density at radius 3 is 2.85 bits per heavy atom. The maximum absolute atomic E-state index is 5.19. The van der Waals surface area contributed by atoms with E-state index in [1.165, 1.54) is 24.1 Å². The van der Waals surface area contributed by atoms with E-state index in [4.69, 9.17) is 4.74 Å². The van der Waals surface area contributed by atoms with Crippen molar-refractivity contribution in [2.45, 2.75) is 33.1 Å². The monoisotopic (exact) mass is 273 g/mol. The molecule has 110 valence electrons. The molecule has 1 aliphatic rings. The largest absolute Gasteiger partial charge is 0.385 e. The number of benzene rings is 1. The van der Waals surface area contributed by atoms with Crippen molar-refractivity contribution in [3.8, 4) is 0 Å². The van der Waals surface area contributed by atoms with Crippen LogP contribution in [0.25, 0.3) is 0 Å². The molecular weight excluding hydrogens is 246 g/mol. The van der Waals surface area contributed by atoms with Gasteiger partial charge in [-0.2, -0.15) is 0 Å².